The van der Waals surface area contributed by atoms with Crippen LogP contribution in [0.4, 0.5) is 15.8 Å². The summed E-state index contributed by atoms with van der Waals surface area (Å²) < 4.78 is 18.3. The van der Waals surface area contributed by atoms with Gasteiger partial charge in [0.2, 0.25) is 5.91 Å². The molecule has 0 spiro atoms. The standard InChI is InChI=1S/C18H17FN2O3/c1-11(9-12-5-7-13(19)8-6-12)18(23)21-15-4-2-3-14-17(15)24-10-16(22)20-14/h2-8,11H,9-10H2,1H3,(H,20,22)(H,21,23). The van der Waals surface area contributed by atoms with E-state index < -0.39 is 0 Å². The molecule has 0 bridgehead atoms. The normalized spacial score (nSPS) is 14.2. The topological polar surface area (TPSA) is 67.4 Å². The van der Waals surface area contributed by atoms with Crippen molar-refractivity contribution in [2.45, 2.75) is 13.3 Å². The summed E-state index contributed by atoms with van der Waals surface area (Å²) in [5.74, 6) is -0.543. The second-order valence-electron chi connectivity index (χ2n) is 5.74. The number of rotatable bonds is 4. The van der Waals surface area contributed by atoms with Crippen LogP contribution in [0, 0.1) is 11.7 Å². The van der Waals surface area contributed by atoms with E-state index >= 15 is 0 Å². The van der Waals surface area contributed by atoms with Gasteiger partial charge >= 0.3 is 0 Å². The van der Waals surface area contributed by atoms with E-state index in [1.807, 2.05) is 0 Å². The molecule has 6 heteroatoms. The lowest BCUT2D eigenvalue weighted by Gasteiger charge is -2.21. The maximum absolute atomic E-state index is 12.9. The molecule has 1 heterocycles. The van der Waals surface area contributed by atoms with Crippen molar-refractivity contribution < 1.29 is 18.7 Å². The number of benzene rings is 2. The van der Waals surface area contributed by atoms with Gasteiger partial charge in [0.25, 0.3) is 5.91 Å². The number of amides is 2. The number of fused-ring (bicyclic) bond motifs is 1. The highest BCUT2D eigenvalue weighted by Gasteiger charge is 2.21. The molecule has 2 amide bonds. The molecule has 24 heavy (non-hydrogen) atoms. The van der Waals surface area contributed by atoms with Gasteiger partial charge in [-0.15, -0.1) is 0 Å². The lowest BCUT2D eigenvalue weighted by atomic mass is 10.00. The first-order chi connectivity index (χ1) is 11.5. The van der Waals surface area contributed by atoms with Crippen LogP contribution < -0.4 is 15.4 Å². The number of nitrogens with one attached hydrogen (secondary N) is 2. The van der Waals surface area contributed by atoms with Crippen LogP contribution in [0.15, 0.2) is 42.5 Å². The van der Waals surface area contributed by atoms with Crippen molar-refractivity contribution in [2.24, 2.45) is 5.92 Å². The minimum atomic E-state index is -0.301. The molecular formula is C18H17FN2O3. The Labute approximate surface area is 138 Å². The molecule has 0 aliphatic carbocycles. The molecule has 5 nitrogen and oxygen atoms in total. The quantitative estimate of drug-likeness (QED) is 0.907. The first-order valence-electron chi connectivity index (χ1n) is 7.64. The predicted molar refractivity (Wildman–Crippen MR) is 88.5 cm³/mol. The molecule has 1 atom stereocenters. The third-order valence-electron chi connectivity index (χ3n) is 3.80. The Bertz CT molecular complexity index is 774. The molecule has 2 N–H and O–H groups in total. The summed E-state index contributed by atoms with van der Waals surface area (Å²) in [5, 5.41) is 5.52. The SMILES string of the molecule is CC(Cc1ccc(F)cc1)C(=O)Nc1cccc2c1OCC(=O)N2. The van der Waals surface area contributed by atoms with E-state index in [0.717, 1.165) is 5.56 Å². The minimum absolute atomic E-state index is 0.0784. The molecule has 0 aromatic heterocycles. The van der Waals surface area contributed by atoms with Crippen molar-refractivity contribution in [1.82, 2.24) is 0 Å². The number of halogens is 1. The molecule has 1 aliphatic heterocycles. The Balaban J connectivity index is 1.69. The fourth-order valence-electron chi connectivity index (χ4n) is 2.54. The zero-order valence-electron chi connectivity index (χ0n) is 13.1. The Morgan fingerprint density at radius 3 is 2.79 bits per heavy atom. The van der Waals surface area contributed by atoms with Gasteiger partial charge in [-0.3, -0.25) is 9.59 Å². The molecule has 0 radical (unpaired) electrons. The Kier molecular flexibility index (Phi) is 4.46. The number of hydrogen-bond donors (Lipinski definition) is 2. The number of ether oxygens (including phenoxy) is 1. The third kappa shape index (κ3) is 3.53. The summed E-state index contributed by atoms with van der Waals surface area (Å²) in [4.78, 5) is 23.8. The van der Waals surface area contributed by atoms with Gasteiger partial charge in [0.05, 0.1) is 11.4 Å². The predicted octanol–water partition coefficient (Wildman–Crippen LogP) is 2.97. The van der Waals surface area contributed by atoms with Gasteiger partial charge in [-0.2, -0.15) is 0 Å². The first-order valence-corrected chi connectivity index (χ1v) is 7.64. The summed E-state index contributed by atoms with van der Waals surface area (Å²) in [6, 6.07) is 11.3. The molecule has 1 unspecified atom stereocenters. The summed E-state index contributed by atoms with van der Waals surface area (Å²) >= 11 is 0. The lowest BCUT2D eigenvalue weighted by molar-refractivity contribution is -0.119. The summed E-state index contributed by atoms with van der Waals surface area (Å²) in [7, 11) is 0. The largest absolute Gasteiger partial charge is 0.479 e. The Morgan fingerprint density at radius 2 is 2.04 bits per heavy atom. The lowest BCUT2D eigenvalue weighted by Crippen LogP contribution is -2.27. The van der Waals surface area contributed by atoms with Crippen molar-refractivity contribution in [1.29, 1.82) is 0 Å². The van der Waals surface area contributed by atoms with E-state index in [-0.39, 0.29) is 30.2 Å². The summed E-state index contributed by atoms with van der Waals surface area (Å²) in [5.41, 5.74) is 1.94. The van der Waals surface area contributed by atoms with Crippen molar-refractivity contribution in [2.75, 3.05) is 17.2 Å². The number of carbonyl (C=O) groups is 2. The van der Waals surface area contributed by atoms with E-state index in [1.54, 1.807) is 37.3 Å². The van der Waals surface area contributed by atoms with E-state index in [9.17, 15) is 14.0 Å². The van der Waals surface area contributed by atoms with Crippen LogP contribution in [0.5, 0.6) is 5.75 Å². The summed E-state index contributed by atoms with van der Waals surface area (Å²) in [6.45, 7) is 1.72. The highest BCUT2D eigenvalue weighted by Crippen LogP contribution is 2.35. The van der Waals surface area contributed by atoms with Crippen LogP contribution in [-0.2, 0) is 16.0 Å². The number of hydrogen-bond acceptors (Lipinski definition) is 3. The Morgan fingerprint density at radius 1 is 1.29 bits per heavy atom. The highest BCUT2D eigenvalue weighted by atomic mass is 19.1. The van der Waals surface area contributed by atoms with Crippen LogP contribution in [0.25, 0.3) is 0 Å². The second-order valence-corrected chi connectivity index (χ2v) is 5.74. The average Bonchev–Trinajstić information content (AvgIpc) is 2.56. The molecule has 0 saturated heterocycles. The molecule has 0 fully saturated rings. The van der Waals surface area contributed by atoms with Gasteiger partial charge in [0, 0.05) is 5.92 Å². The average molecular weight is 328 g/mol. The maximum Gasteiger partial charge on any atom is 0.262 e. The van der Waals surface area contributed by atoms with Gasteiger partial charge in [-0.25, -0.2) is 4.39 Å². The van der Waals surface area contributed by atoms with Crippen LogP contribution in [0.1, 0.15) is 12.5 Å². The van der Waals surface area contributed by atoms with Gasteiger partial charge < -0.3 is 15.4 Å². The van der Waals surface area contributed by atoms with Crippen LogP contribution in [0.3, 0.4) is 0 Å². The van der Waals surface area contributed by atoms with Gasteiger partial charge in [-0.05, 0) is 36.2 Å². The van der Waals surface area contributed by atoms with Crippen molar-refractivity contribution >= 4 is 23.2 Å². The molecule has 124 valence electrons. The van der Waals surface area contributed by atoms with Crippen LogP contribution >= 0.6 is 0 Å². The first kappa shape index (κ1) is 16.0. The van der Waals surface area contributed by atoms with Crippen molar-refractivity contribution in [3.8, 4) is 5.75 Å². The number of anilines is 2. The molecule has 0 saturated carbocycles. The fourth-order valence-corrected chi connectivity index (χ4v) is 2.54. The van der Waals surface area contributed by atoms with Gasteiger partial charge in [0.1, 0.15) is 5.82 Å². The van der Waals surface area contributed by atoms with E-state index in [1.165, 1.54) is 12.1 Å². The number of carbonyl (C=O) groups excluding carboxylic acids is 2. The third-order valence-corrected chi connectivity index (χ3v) is 3.80. The van der Waals surface area contributed by atoms with E-state index in [0.29, 0.717) is 23.5 Å². The Hall–Kier alpha value is -2.89. The number of para-hydroxylation sites is 1. The maximum atomic E-state index is 12.9. The van der Waals surface area contributed by atoms with Crippen LogP contribution in [0.2, 0.25) is 0 Å². The second kappa shape index (κ2) is 6.70. The molecular weight excluding hydrogens is 311 g/mol. The van der Waals surface area contributed by atoms with Gasteiger partial charge in [-0.1, -0.05) is 25.1 Å². The molecule has 3 rings (SSSR count). The van der Waals surface area contributed by atoms with E-state index in [2.05, 4.69) is 10.6 Å². The minimum Gasteiger partial charge on any atom is -0.479 e. The molecule has 2 aromatic rings. The summed E-state index contributed by atoms with van der Waals surface area (Å²) in [6.07, 6.45) is 0.499. The zero-order chi connectivity index (χ0) is 17.1. The smallest absolute Gasteiger partial charge is 0.262 e. The van der Waals surface area contributed by atoms with E-state index in [4.69, 9.17) is 4.74 Å². The van der Waals surface area contributed by atoms with Crippen molar-refractivity contribution in [3.05, 3.63) is 53.8 Å². The zero-order valence-corrected chi connectivity index (χ0v) is 13.1. The monoisotopic (exact) mass is 328 g/mol. The fraction of sp³-hybridized carbons (Fsp3) is 0.222. The van der Waals surface area contributed by atoms with Crippen LogP contribution in [-0.4, -0.2) is 18.4 Å². The molecule has 2 aromatic carbocycles. The van der Waals surface area contributed by atoms with Gasteiger partial charge in [0.15, 0.2) is 12.4 Å². The highest BCUT2D eigenvalue weighted by molar-refractivity contribution is 6.00. The molecule has 1 aliphatic rings. The van der Waals surface area contributed by atoms with Crippen molar-refractivity contribution in [3.63, 3.8) is 0 Å².